The molecule has 0 amide bonds. The van der Waals surface area contributed by atoms with E-state index >= 15 is 0 Å². The summed E-state index contributed by atoms with van der Waals surface area (Å²) in [5.41, 5.74) is 1.40. The van der Waals surface area contributed by atoms with E-state index in [1.165, 1.54) is 11.8 Å². The predicted molar refractivity (Wildman–Crippen MR) is 123 cm³/mol. The summed E-state index contributed by atoms with van der Waals surface area (Å²) >= 11 is 7.22. The van der Waals surface area contributed by atoms with Crippen molar-refractivity contribution in [2.75, 3.05) is 5.75 Å². The number of fused-ring (bicyclic) bond motifs is 1. The molecular formula is C23H19ClN4O2S. The zero-order valence-corrected chi connectivity index (χ0v) is 18.1. The van der Waals surface area contributed by atoms with Crippen LogP contribution in [0.1, 0.15) is 16.2 Å². The molecule has 4 rings (SSSR count). The number of benzene rings is 2. The second-order valence-corrected chi connectivity index (χ2v) is 8.02. The molecule has 2 aromatic heterocycles. The van der Waals surface area contributed by atoms with Gasteiger partial charge in [-0.25, -0.2) is 0 Å². The van der Waals surface area contributed by atoms with Gasteiger partial charge in [0.1, 0.15) is 17.9 Å². The lowest BCUT2D eigenvalue weighted by Crippen LogP contribution is -2.09. The van der Waals surface area contributed by atoms with E-state index in [9.17, 15) is 4.79 Å². The monoisotopic (exact) mass is 450 g/mol. The minimum Gasteiger partial charge on any atom is -0.483 e. The lowest BCUT2D eigenvalue weighted by molar-refractivity contribution is 0.102. The van der Waals surface area contributed by atoms with Crippen LogP contribution in [0.4, 0.5) is 0 Å². The van der Waals surface area contributed by atoms with Gasteiger partial charge in [-0.1, -0.05) is 47.6 Å². The maximum atomic E-state index is 12.5. The molecule has 31 heavy (non-hydrogen) atoms. The van der Waals surface area contributed by atoms with Crippen LogP contribution in [0, 0.1) is 0 Å². The van der Waals surface area contributed by atoms with Crippen LogP contribution in [0.3, 0.4) is 0 Å². The zero-order chi connectivity index (χ0) is 21.6. The van der Waals surface area contributed by atoms with Crippen molar-refractivity contribution < 1.29 is 9.53 Å². The Hall–Kier alpha value is -3.16. The zero-order valence-electron chi connectivity index (χ0n) is 16.6. The average Bonchev–Trinajstić information content (AvgIpc) is 3.18. The van der Waals surface area contributed by atoms with E-state index in [-0.39, 0.29) is 18.1 Å². The van der Waals surface area contributed by atoms with E-state index in [1.54, 1.807) is 36.5 Å². The van der Waals surface area contributed by atoms with Crippen LogP contribution in [0.2, 0.25) is 5.02 Å². The number of aromatic nitrogens is 4. The van der Waals surface area contributed by atoms with Gasteiger partial charge in [0.25, 0.3) is 0 Å². The van der Waals surface area contributed by atoms with Crippen LogP contribution in [0.15, 0.2) is 78.6 Å². The van der Waals surface area contributed by atoms with Gasteiger partial charge in [-0.2, -0.15) is 0 Å². The van der Waals surface area contributed by atoms with Gasteiger partial charge in [0.15, 0.2) is 16.8 Å². The highest BCUT2D eigenvalue weighted by Crippen LogP contribution is 2.25. The molecule has 0 spiro atoms. The molecule has 0 aliphatic rings. The first kappa shape index (κ1) is 21.1. The van der Waals surface area contributed by atoms with Crippen molar-refractivity contribution in [3.63, 3.8) is 0 Å². The molecule has 0 aliphatic carbocycles. The minimum absolute atomic E-state index is 0.00514. The molecule has 0 fully saturated rings. The molecule has 0 saturated heterocycles. The molecule has 4 aromatic rings. The van der Waals surface area contributed by atoms with Crippen LogP contribution in [-0.2, 0) is 13.2 Å². The number of ketones is 1. The molecule has 0 atom stereocenters. The number of hydrogen-bond acceptors (Lipinski definition) is 6. The van der Waals surface area contributed by atoms with E-state index < -0.39 is 0 Å². The number of pyridine rings is 1. The average molecular weight is 451 g/mol. The Balaban J connectivity index is 1.47. The fourth-order valence-electron chi connectivity index (χ4n) is 3.03. The number of ether oxygens (including phenoxy) is 1. The molecule has 0 saturated carbocycles. The highest BCUT2D eigenvalue weighted by molar-refractivity contribution is 7.99. The lowest BCUT2D eigenvalue weighted by atomic mass is 10.1. The first-order valence-electron chi connectivity index (χ1n) is 9.57. The maximum absolute atomic E-state index is 12.5. The Labute approximate surface area is 188 Å². The van der Waals surface area contributed by atoms with Crippen LogP contribution in [0.25, 0.3) is 10.9 Å². The van der Waals surface area contributed by atoms with E-state index in [2.05, 4.69) is 21.8 Å². The Bertz CT molecular complexity index is 1220. The number of carbonyl (C=O) groups is 1. The first-order chi connectivity index (χ1) is 15.2. The van der Waals surface area contributed by atoms with Gasteiger partial charge in [-0.15, -0.1) is 16.8 Å². The van der Waals surface area contributed by atoms with Gasteiger partial charge in [-0.05, 0) is 36.4 Å². The van der Waals surface area contributed by atoms with Crippen LogP contribution in [0.5, 0.6) is 5.75 Å². The summed E-state index contributed by atoms with van der Waals surface area (Å²) < 4.78 is 7.90. The van der Waals surface area contributed by atoms with Gasteiger partial charge in [0.05, 0.1) is 5.75 Å². The summed E-state index contributed by atoms with van der Waals surface area (Å²) in [6.45, 7) is 4.55. The maximum Gasteiger partial charge on any atom is 0.192 e. The Kier molecular flexibility index (Phi) is 6.64. The number of halogens is 1. The number of Topliss-reactive ketones (excluding diaryl/α,β-unsaturated/α-hetero) is 1. The summed E-state index contributed by atoms with van der Waals surface area (Å²) in [4.78, 5) is 16.9. The normalized spacial score (nSPS) is 10.9. The molecule has 8 heteroatoms. The molecule has 0 unspecified atom stereocenters. The number of allylic oxidation sites excluding steroid dienone is 1. The number of thioether (sulfide) groups is 1. The largest absolute Gasteiger partial charge is 0.483 e. The highest BCUT2D eigenvalue weighted by atomic mass is 35.5. The fraction of sp³-hybridized carbons (Fsp3) is 0.130. The molecule has 2 heterocycles. The second-order valence-electron chi connectivity index (χ2n) is 6.64. The standard InChI is InChI=1S/C23H19ClN4O2S/c1-2-13-28-21(14-30-20-7-3-5-17-6-4-12-25-22(17)20)26-27-23(28)31-15-19(29)16-8-10-18(24)11-9-16/h2-12H,1,13-15H2. The number of nitrogens with zero attached hydrogens (tertiary/aromatic N) is 4. The Morgan fingerprint density at radius 1 is 1.13 bits per heavy atom. The van der Waals surface area contributed by atoms with Crippen molar-refractivity contribution in [2.45, 2.75) is 18.3 Å². The Morgan fingerprint density at radius 2 is 1.94 bits per heavy atom. The number of para-hydroxylation sites is 1. The third kappa shape index (κ3) is 4.95. The van der Waals surface area contributed by atoms with Gasteiger partial charge >= 0.3 is 0 Å². The first-order valence-corrected chi connectivity index (χ1v) is 10.9. The van der Waals surface area contributed by atoms with Crippen molar-refractivity contribution in [1.29, 1.82) is 0 Å². The van der Waals surface area contributed by atoms with E-state index in [0.29, 0.717) is 33.9 Å². The summed E-state index contributed by atoms with van der Waals surface area (Å²) in [5.74, 6) is 1.56. The van der Waals surface area contributed by atoms with Gasteiger partial charge < -0.3 is 4.74 Å². The smallest absolute Gasteiger partial charge is 0.192 e. The molecule has 6 nitrogen and oxygen atoms in total. The molecule has 156 valence electrons. The number of rotatable bonds is 9. The fourth-order valence-corrected chi connectivity index (χ4v) is 4.02. The molecule has 0 bridgehead atoms. The number of carbonyl (C=O) groups excluding carboxylic acids is 1. The van der Waals surface area contributed by atoms with Gasteiger partial charge in [0.2, 0.25) is 0 Å². The predicted octanol–water partition coefficient (Wildman–Crippen LogP) is 5.22. The Morgan fingerprint density at radius 3 is 2.74 bits per heavy atom. The molecule has 2 aromatic carbocycles. The molecular weight excluding hydrogens is 432 g/mol. The van der Waals surface area contributed by atoms with Gasteiger partial charge in [0, 0.05) is 28.7 Å². The van der Waals surface area contributed by atoms with Crippen molar-refractivity contribution in [3.05, 3.63) is 89.9 Å². The summed E-state index contributed by atoms with van der Waals surface area (Å²) in [7, 11) is 0. The van der Waals surface area contributed by atoms with Gasteiger partial charge in [-0.3, -0.25) is 14.3 Å². The highest BCUT2D eigenvalue weighted by Gasteiger charge is 2.15. The molecule has 0 aliphatic heterocycles. The lowest BCUT2D eigenvalue weighted by Gasteiger charge is -2.10. The summed E-state index contributed by atoms with van der Waals surface area (Å²) in [5, 5.41) is 10.7. The van der Waals surface area contributed by atoms with Crippen LogP contribution < -0.4 is 4.74 Å². The van der Waals surface area contributed by atoms with Crippen molar-refractivity contribution in [2.24, 2.45) is 0 Å². The molecule has 0 N–H and O–H groups in total. The summed E-state index contributed by atoms with van der Waals surface area (Å²) in [6.07, 6.45) is 3.50. The summed E-state index contributed by atoms with van der Waals surface area (Å²) in [6, 6.07) is 16.5. The third-order valence-corrected chi connectivity index (χ3v) is 5.77. The topological polar surface area (TPSA) is 69.9 Å². The quantitative estimate of drug-likeness (QED) is 0.198. The van der Waals surface area contributed by atoms with Crippen molar-refractivity contribution >= 4 is 40.0 Å². The SMILES string of the molecule is C=CCn1c(COc2cccc3cccnc23)nnc1SCC(=O)c1ccc(Cl)cc1. The van der Waals surface area contributed by atoms with Crippen molar-refractivity contribution in [1.82, 2.24) is 19.7 Å². The van der Waals surface area contributed by atoms with E-state index in [1.807, 2.05) is 34.9 Å². The number of hydrogen-bond donors (Lipinski definition) is 0. The molecule has 0 radical (unpaired) electrons. The second kappa shape index (κ2) is 9.76. The van der Waals surface area contributed by atoms with Crippen LogP contribution in [-0.4, -0.2) is 31.3 Å². The van der Waals surface area contributed by atoms with Crippen molar-refractivity contribution in [3.8, 4) is 5.75 Å². The minimum atomic E-state index is -0.00514. The third-order valence-electron chi connectivity index (χ3n) is 4.56. The van der Waals surface area contributed by atoms with E-state index in [4.69, 9.17) is 16.3 Å². The van der Waals surface area contributed by atoms with E-state index in [0.717, 1.165) is 10.9 Å². The van der Waals surface area contributed by atoms with Crippen LogP contribution >= 0.6 is 23.4 Å².